The van der Waals surface area contributed by atoms with E-state index in [-0.39, 0.29) is 0 Å². The van der Waals surface area contributed by atoms with Crippen molar-refractivity contribution in [3.05, 3.63) is 338 Å². The average molecular weight is 1090 g/mol. The van der Waals surface area contributed by atoms with Crippen molar-refractivity contribution in [3.8, 4) is 118 Å². The second kappa shape index (κ2) is 19.9. The highest BCUT2D eigenvalue weighted by Gasteiger charge is 2.52. The van der Waals surface area contributed by atoms with E-state index in [1.54, 1.807) is 0 Å². The van der Waals surface area contributed by atoms with E-state index in [1.165, 1.54) is 44.5 Å². The highest BCUT2D eigenvalue weighted by atomic mass is 15.2. The molecule has 0 atom stereocenters. The molecule has 86 heavy (non-hydrogen) atoms. The molecule has 17 rings (SSSR count). The van der Waals surface area contributed by atoms with Crippen LogP contribution in [0.2, 0.25) is 0 Å². The van der Waals surface area contributed by atoms with Crippen molar-refractivity contribution in [3.63, 3.8) is 0 Å². The van der Waals surface area contributed by atoms with Gasteiger partial charge in [0.25, 0.3) is 0 Å². The summed E-state index contributed by atoms with van der Waals surface area (Å²) in [5.41, 5.74) is 26.4. The van der Waals surface area contributed by atoms with Gasteiger partial charge in [0.05, 0.1) is 16.4 Å². The zero-order valence-corrected chi connectivity index (χ0v) is 46.8. The maximum atomic E-state index is 5.84. The van der Waals surface area contributed by atoms with E-state index in [2.05, 4.69) is 320 Å². The van der Waals surface area contributed by atoms with Gasteiger partial charge < -0.3 is 0 Å². The van der Waals surface area contributed by atoms with Crippen molar-refractivity contribution in [2.24, 2.45) is 0 Å². The van der Waals surface area contributed by atoms with Crippen LogP contribution in [-0.4, -0.2) is 19.5 Å². The van der Waals surface area contributed by atoms with E-state index in [0.717, 1.165) is 99.7 Å². The Hall–Kier alpha value is -11.3. The first-order chi connectivity index (χ1) is 42.6. The summed E-state index contributed by atoms with van der Waals surface area (Å²) in [4.78, 5) is 17.4. The predicted molar refractivity (Wildman–Crippen MR) is 354 cm³/mol. The van der Waals surface area contributed by atoms with Gasteiger partial charge >= 0.3 is 0 Å². The number of aromatic nitrogens is 4. The van der Waals surface area contributed by atoms with Crippen LogP contribution in [0.4, 0.5) is 0 Å². The van der Waals surface area contributed by atoms with Gasteiger partial charge in [-0.2, -0.15) is 9.97 Å². The van der Waals surface area contributed by atoms with Gasteiger partial charge in [-0.15, -0.1) is 0 Å². The molecule has 400 valence electrons. The average Bonchev–Trinajstić information content (AvgIpc) is 1.53. The smallest absolute Gasteiger partial charge is 0.238 e. The minimum absolute atomic E-state index is 0.517. The van der Waals surface area contributed by atoms with Crippen molar-refractivity contribution in [2.75, 3.05) is 0 Å². The molecule has 0 N–H and O–H groups in total. The largest absolute Gasteiger partial charge is 0.278 e. The van der Waals surface area contributed by atoms with Crippen LogP contribution in [0.5, 0.6) is 0 Å². The summed E-state index contributed by atoms with van der Waals surface area (Å²) in [5, 5.41) is 2.24. The molecule has 13 aromatic carbocycles. The molecule has 0 bridgehead atoms. The van der Waals surface area contributed by atoms with Crippen LogP contribution in [0.15, 0.2) is 315 Å². The Morgan fingerprint density at radius 1 is 0.221 bits per heavy atom. The normalized spacial score (nSPS) is 12.5. The molecule has 2 aliphatic carbocycles. The fourth-order valence-corrected chi connectivity index (χ4v) is 14.0. The zero-order chi connectivity index (χ0) is 56.7. The Morgan fingerprint density at radius 2 is 0.558 bits per heavy atom. The summed E-state index contributed by atoms with van der Waals surface area (Å²) in [7, 11) is 0. The van der Waals surface area contributed by atoms with Gasteiger partial charge in [-0.05, 0) is 172 Å². The molecule has 15 aromatic rings. The number of hydrogen-bond donors (Lipinski definition) is 0. The highest BCUT2D eigenvalue weighted by Crippen LogP contribution is 2.63. The van der Waals surface area contributed by atoms with Crippen LogP contribution in [0.3, 0.4) is 0 Å². The predicted octanol–water partition coefficient (Wildman–Crippen LogP) is 20.6. The van der Waals surface area contributed by atoms with Crippen molar-refractivity contribution >= 4 is 21.8 Å². The van der Waals surface area contributed by atoms with E-state index in [9.17, 15) is 0 Å². The van der Waals surface area contributed by atoms with Gasteiger partial charge in [-0.25, -0.2) is 4.98 Å². The Bertz CT molecular complexity index is 4830. The fourth-order valence-electron chi connectivity index (χ4n) is 14.0. The second-order valence-electron chi connectivity index (χ2n) is 22.6. The van der Waals surface area contributed by atoms with Crippen molar-refractivity contribution in [2.45, 2.75) is 5.41 Å². The number of rotatable bonds is 9. The number of hydrogen-bond acceptors (Lipinski definition) is 3. The Balaban J connectivity index is 1.03. The molecule has 1 spiro atoms. The summed E-state index contributed by atoms with van der Waals surface area (Å²) in [6.07, 6.45) is 0. The molecule has 0 saturated carbocycles. The molecular weight excluding hydrogens is 1040 g/mol. The number of nitrogens with zero attached hydrogens (tertiary/aromatic N) is 4. The second-order valence-corrected chi connectivity index (χ2v) is 22.6. The van der Waals surface area contributed by atoms with Gasteiger partial charge in [-0.1, -0.05) is 255 Å². The van der Waals surface area contributed by atoms with Gasteiger partial charge in [0.15, 0.2) is 11.6 Å². The molecule has 4 heteroatoms. The summed E-state index contributed by atoms with van der Waals surface area (Å²) in [6.45, 7) is 0. The van der Waals surface area contributed by atoms with Crippen LogP contribution in [0, 0.1) is 0 Å². The van der Waals surface area contributed by atoms with Gasteiger partial charge in [0.2, 0.25) is 5.95 Å². The van der Waals surface area contributed by atoms with Crippen LogP contribution >= 0.6 is 0 Å². The number of benzene rings is 13. The van der Waals surface area contributed by atoms with Crippen LogP contribution in [-0.2, 0) is 5.41 Å². The minimum atomic E-state index is -0.598. The highest BCUT2D eigenvalue weighted by molar-refractivity contribution is 6.19. The standard InChI is InChI=1S/C82H52N4/c1-7-25-53(26-8-1)59-43-60(54-27-9-2-10-28-54)46-64(45-59)79-83-80(65-47-61(55-29-11-3-12-30-55)44-62(48-65)56-31-13-4-14-32-56)85-81(84-79)86-76-52-75-70(68-39-21-24-42-74(68)82(75)72-40-22-19-37-66(72)67-38-20-23-41-73(67)82)51-71(76)78-69(58-35-17-6-18-36-58)49-63(50-77(78)86)57-33-15-5-16-34-57/h1-52H. The molecule has 2 aromatic heterocycles. The third-order valence-corrected chi connectivity index (χ3v) is 17.8. The van der Waals surface area contributed by atoms with Gasteiger partial charge in [-0.3, -0.25) is 4.57 Å². The Labute approximate surface area is 499 Å². The molecule has 0 fully saturated rings. The van der Waals surface area contributed by atoms with Crippen LogP contribution in [0.1, 0.15) is 22.3 Å². The summed E-state index contributed by atoms with van der Waals surface area (Å²) < 4.78 is 2.36. The van der Waals surface area contributed by atoms with Crippen molar-refractivity contribution in [1.29, 1.82) is 0 Å². The molecule has 2 aliphatic rings. The molecule has 0 saturated heterocycles. The minimum Gasteiger partial charge on any atom is -0.278 e. The van der Waals surface area contributed by atoms with E-state index >= 15 is 0 Å². The lowest BCUT2D eigenvalue weighted by atomic mass is 9.70. The van der Waals surface area contributed by atoms with Crippen molar-refractivity contribution in [1.82, 2.24) is 19.5 Å². The van der Waals surface area contributed by atoms with Crippen LogP contribution in [0.25, 0.3) is 140 Å². The van der Waals surface area contributed by atoms with Gasteiger partial charge in [0.1, 0.15) is 0 Å². The van der Waals surface area contributed by atoms with Gasteiger partial charge in [0, 0.05) is 21.9 Å². The lowest BCUT2D eigenvalue weighted by molar-refractivity contribution is 0.794. The van der Waals surface area contributed by atoms with E-state index < -0.39 is 5.41 Å². The third-order valence-electron chi connectivity index (χ3n) is 17.8. The van der Waals surface area contributed by atoms with Crippen LogP contribution < -0.4 is 0 Å². The van der Waals surface area contributed by atoms with E-state index in [0.29, 0.717) is 17.6 Å². The molecule has 0 unspecified atom stereocenters. The number of fused-ring (bicyclic) bond motifs is 13. The first kappa shape index (κ1) is 49.3. The SMILES string of the molecule is c1ccc(-c2cc(-c3ccccc3)cc(-c3nc(-c4cc(-c5ccccc5)cc(-c5ccccc5)c4)nc(-n4c5cc6c(cc5c5c(-c7ccccc7)cc(-c7ccccc7)cc54)-c4ccccc4C64c5ccccc5-c5ccccc54)n3)c2)cc1. The maximum Gasteiger partial charge on any atom is 0.238 e. The summed E-state index contributed by atoms with van der Waals surface area (Å²) >= 11 is 0. The molecular formula is C82H52N4. The quantitative estimate of drug-likeness (QED) is 0.145. The molecule has 0 amide bonds. The first-order valence-electron chi connectivity index (χ1n) is 29.5. The van der Waals surface area contributed by atoms with E-state index in [1.807, 2.05) is 0 Å². The first-order valence-corrected chi connectivity index (χ1v) is 29.5. The lowest BCUT2D eigenvalue weighted by Crippen LogP contribution is -2.25. The Kier molecular flexibility index (Phi) is 11.4. The van der Waals surface area contributed by atoms with E-state index in [4.69, 9.17) is 15.0 Å². The molecule has 0 aliphatic heterocycles. The fraction of sp³-hybridized carbons (Fsp3) is 0.0122. The Morgan fingerprint density at radius 3 is 0.965 bits per heavy atom. The molecule has 4 nitrogen and oxygen atoms in total. The third kappa shape index (κ3) is 7.88. The molecule has 2 heterocycles. The summed E-state index contributed by atoms with van der Waals surface area (Å²) in [6, 6.07) is 115. The molecule has 0 radical (unpaired) electrons. The van der Waals surface area contributed by atoms with Crippen molar-refractivity contribution < 1.29 is 0 Å². The monoisotopic (exact) mass is 1090 g/mol. The topological polar surface area (TPSA) is 43.6 Å². The summed E-state index contributed by atoms with van der Waals surface area (Å²) in [5.74, 6) is 1.64. The lowest BCUT2D eigenvalue weighted by Gasteiger charge is -2.30. The maximum absolute atomic E-state index is 5.84. The zero-order valence-electron chi connectivity index (χ0n) is 46.8.